The summed E-state index contributed by atoms with van der Waals surface area (Å²) >= 11 is 0. The van der Waals surface area contributed by atoms with Gasteiger partial charge in [0.15, 0.2) is 0 Å². The molecule has 0 saturated carbocycles. The molecule has 2 rings (SSSR count). The number of nitrogens with zero attached hydrogens (tertiary/aromatic N) is 1. The summed E-state index contributed by atoms with van der Waals surface area (Å²) in [6.07, 6.45) is 1.17. The van der Waals surface area contributed by atoms with Crippen LogP contribution in [0.1, 0.15) is 18.1 Å². The third-order valence-electron chi connectivity index (χ3n) is 3.45. The maximum Gasteiger partial charge on any atom is 0.0193 e. The highest BCUT2D eigenvalue weighted by Crippen LogP contribution is 2.07. The van der Waals surface area contributed by atoms with Crippen molar-refractivity contribution in [3.8, 4) is 0 Å². The van der Waals surface area contributed by atoms with Gasteiger partial charge in [-0.05, 0) is 25.8 Å². The lowest BCUT2D eigenvalue weighted by atomic mass is 10.1. The third kappa shape index (κ3) is 3.06. The van der Waals surface area contributed by atoms with Crippen LogP contribution >= 0.6 is 0 Å². The van der Waals surface area contributed by atoms with Crippen molar-refractivity contribution in [2.75, 3.05) is 26.2 Å². The molecule has 1 atom stereocenters. The van der Waals surface area contributed by atoms with E-state index in [1.165, 1.54) is 30.6 Å². The van der Waals surface area contributed by atoms with Crippen LogP contribution < -0.4 is 5.32 Å². The topological polar surface area (TPSA) is 15.3 Å². The van der Waals surface area contributed by atoms with Crippen molar-refractivity contribution in [1.29, 1.82) is 0 Å². The number of nitrogens with one attached hydrogen (secondary N) is 1. The maximum atomic E-state index is 3.43. The van der Waals surface area contributed by atoms with Crippen LogP contribution in [0.5, 0.6) is 0 Å². The molecule has 0 amide bonds. The molecule has 1 N–H and O–H groups in total. The van der Waals surface area contributed by atoms with E-state index in [0.29, 0.717) is 6.04 Å². The van der Waals surface area contributed by atoms with Crippen LogP contribution in [-0.2, 0) is 6.42 Å². The van der Waals surface area contributed by atoms with Gasteiger partial charge in [0.05, 0.1) is 0 Å². The fraction of sp³-hybridized carbons (Fsp3) is 0.571. The van der Waals surface area contributed by atoms with Gasteiger partial charge in [-0.2, -0.15) is 0 Å². The van der Waals surface area contributed by atoms with Gasteiger partial charge in [-0.3, -0.25) is 4.90 Å². The second kappa shape index (κ2) is 5.46. The first-order chi connectivity index (χ1) is 7.75. The van der Waals surface area contributed by atoms with Crippen molar-refractivity contribution in [3.05, 3.63) is 35.4 Å². The van der Waals surface area contributed by atoms with Crippen molar-refractivity contribution >= 4 is 0 Å². The molecule has 0 bridgehead atoms. The molecule has 0 aromatic heterocycles. The summed E-state index contributed by atoms with van der Waals surface area (Å²) in [4.78, 5) is 2.58. The van der Waals surface area contributed by atoms with Crippen LogP contribution in [-0.4, -0.2) is 37.1 Å². The summed E-state index contributed by atoms with van der Waals surface area (Å²) < 4.78 is 0. The Morgan fingerprint density at radius 2 is 2.06 bits per heavy atom. The number of hydrogen-bond donors (Lipinski definition) is 1. The normalized spacial score (nSPS) is 22.2. The minimum Gasteiger partial charge on any atom is -0.314 e. The molecule has 1 fully saturated rings. The smallest absolute Gasteiger partial charge is 0.0193 e. The van der Waals surface area contributed by atoms with Crippen LogP contribution in [0.3, 0.4) is 0 Å². The number of rotatable bonds is 3. The molecule has 1 aromatic rings. The van der Waals surface area contributed by atoms with Gasteiger partial charge in [-0.1, -0.05) is 29.8 Å². The Morgan fingerprint density at radius 1 is 1.31 bits per heavy atom. The SMILES string of the molecule is Cc1ccc(CCN2CCNC[C@@H]2C)cc1. The molecule has 16 heavy (non-hydrogen) atoms. The number of piperazine rings is 1. The summed E-state index contributed by atoms with van der Waals surface area (Å²) in [6.45, 7) is 9.09. The average molecular weight is 218 g/mol. The summed E-state index contributed by atoms with van der Waals surface area (Å²) in [7, 11) is 0. The lowest BCUT2D eigenvalue weighted by Crippen LogP contribution is -2.50. The van der Waals surface area contributed by atoms with Crippen molar-refractivity contribution < 1.29 is 0 Å². The van der Waals surface area contributed by atoms with E-state index in [1.54, 1.807) is 0 Å². The quantitative estimate of drug-likeness (QED) is 0.832. The minimum absolute atomic E-state index is 0.680. The molecule has 88 valence electrons. The summed E-state index contributed by atoms with van der Waals surface area (Å²) in [5.41, 5.74) is 2.80. The summed E-state index contributed by atoms with van der Waals surface area (Å²) in [5.74, 6) is 0. The average Bonchev–Trinajstić information content (AvgIpc) is 2.30. The zero-order valence-corrected chi connectivity index (χ0v) is 10.4. The third-order valence-corrected chi connectivity index (χ3v) is 3.45. The van der Waals surface area contributed by atoms with E-state index in [-0.39, 0.29) is 0 Å². The predicted octanol–water partition coefficient (Wildman–Crippen LogP) is 1.83. The molecule has 1 heterocycles. The Bertz CT molecular complexity index is 318. The molecule has 1 aliphatic heterocycles. The second-order valence-corrected chi connectivity index (χ2v) is 4.82. The van der Waals surface area contributed by atoms with Crippen LogP contribution in [0, 0.1) is 6.92 Å². The lowest BCUT2D eigenvalue weighted by Gasteiger charge is -2.33. The molecule has 1 saturated heterocycles. The Kier molecular flexibility index (Phi) is 3.97. The van der Waals surface area contributed by atoms with Crippen molar-refractivity contribution in [1.82, 2.24) is 10.2 Å². The van der Waals surface area contributed by atoms with Crippen molar-refractivity contribution in [2.45, 2.75) is 26.3 Å². The first-order valence-electron chi connectivity index (χ1n) is 6.26. The van der Waals surface area contributed by atoms with Crippen LogP contribution in [0.2, 0.25) is 0 Å². The minimum atomic E-state index is 0.680. The van der Waals surface area contributed by atoms with Gasteiger partial charge in [0.2, 0.25) is 0 Å². The van der Waals surface area contributed by atoms with Gasteiger partial charge in [-0.25, -0.2) is 0 Å². The molecule has 2 heteroatoms. The standard InChI is InChI=1S/C14H22N2/c1-12-3-5-14(6-4-12)7-9-16-10-8-15-11-13(16)2/h3-6,13,15H,7-11H2,1-2H3/t13-/m0/s1. The monoisotopic (exact) mass is 218 g/mol. The first-order valence-corrected chi connectivity index (χ1v) is 6.26. The molecule has 0 unspecified atom stereocenters. The van der Waals surface area contributed by atoms with E-state index in [1.807, 2.05) is 0 Å². The van der Waals surface area contributed by atoms with Crippen LogP contribution in [0.4, 0.5) is 0 Å². The van der Waals surface area contributed by atoms with Crippen molar-refractivity contribution in [3.63, 3.8) is 0 Å². The Balaban J connectivity index is 1.84. The van der Waals surface area contributed by atoms with Gasteiger partial charge in [0.1, 0.15) is 0 Å². The number of aryl methyl sites for hydroxylation is 1. The zero-order valence-electron chi connectivity index (χ0n) is 10.4. The molecule has 0 aliphatic carbocycles. The van der Waals surface area contributed by atoms with E-state index < -0.39 is 0 Å². The van der Waals surface area contributed by atoms with Crippen LogP contribution in [0.15, 0.2) is 24.3 Å². The predicted molar refractivity (Wildman–Crippen MR) is 68.8 cm³/mol. The number of hydrogen-bond acceptors (Lipinski definition) is 2. The van der Waals surface area contributed by atoms with Gasteiger partial charge in [0.25, 0.3) is 0 Å². The highest BCUT2D eigenvalue weighted by atomic mass is 15.2. The summed E-state index contributed by atoms with van der Waals surface area (Å²) in [5, 5.41) is 3.43. The molecule has 2 nitrogen and oxygen atoms in total. The fourth-order valence-corrected chi connectivity index (χ4v) is 2.24. The van der Waals surface area contributed by atoms with Gasteiger partial charge < -0.3 is 5.32 Å². The van der Waals surface area contributed by atoms with Gasteiger partial charge >= 0.3 is 0 Å². The fourth-order valence-electron chi connectivity index (χ4n) is 2.24. The largest absolute Gasteiger partial charge is 0.314 e. The maximum absolute atomic E-state index is 3.43. The van der Waals surface area contributed by atoms with Gasteiger partial charge in [0, 0.05) is 32.2 Å². The molecule has 0 spiro atoms. The zero-order chi connectivity index (χ0) is 11.4. The van der Waals surface area contributed by atoms with Crippen LogP contribution in [0.25, 0.3) is 0 Å². The highest BCUT2D eigenvalue weighted by molar-refractivity contribution is 5.21. The van der Waals surface area contributed by atoms with E-state index in [9.17, 15) is 0 Å². The second-order valence-electron chi connectivity index (χ2n) is 4.82. The van der Waals surface area contributed by atoms with E-state index >= 15 is 0 Å². The number of benzene rings is 1. The van der Waals surface area contributed by atoms with E-state index in [0.717, 1.165) is 13.1 Å². The van der Waals surface area contributed by atoms with Gasteiger partial charge in [-0.15, -0.1) is 0 Å². The molecule has 1 aromatic carbocycles. The Labute approximate surface area is 98.7 Å². The van der Waals surface area contributed by atoms with E-state index in [4.69, 9.17) is 0 Å². The summed E-state index contributed by atoms with van der Waals surface area (Å²) in [6, 6.07) is 9.59. The molecule has 1 aliphatic rings. The van der Waals surface area contributed by atoms with E-state index in [2.05, 4.69) is 48.3 Å². The lowest BCUT2D eigenvalue weighted by molar-refractivity contribution is 0.176. The molecular weight excluding hydrogens is 196 g/mol. The molecular formula is C14H22N2. The highest BCUT2D eigenvalue weighted by Gasteiger charge is 2.16. The Morgan fingerprint density at radius 3 is 2.75 bits per heavy atom. The molecule has 0 radical (unpaired) electrons. The van der Waals surface area contributed by atoms with Crippen molar-refractivity contribution in [2.24, 2.45) is 0 Å². The first kappa shape index (κ1) is 11.6. The Hall–Kier alpha value is -0.860.